The highest BCUT2D eigenvalue weighted by Gasteiger charge is 2.15. The third-order valence-electron chi connectivity index (χ3n) is 3.42. The maximum absolute atomic E-state index is 8.40. The van der Waals surface area contributed by atoms with E-state index in [1.165, 1.54) is 0 Å². The summed E-state index contributed by atoms with van der Waals surface area (Å²) in [5.41, 5.74) is 3.50. The van der Waals surface area contributed by atoms with Crippen LogP contribution >= 0.6 is 23.2 Å². The van der Waals surface area contributed by atoms with Crippen molar-refractivity contribution in [3.63, 3.8) is 0 Å². The van der Waals surface area contributed by atoms with Gasteiger partial charge in [0.25, 0.3) is 0 Å². The SMILES string of the molecule is Cn1nc(-c2ccc(Cl)cc2)cc1C(=N)c1ccccc1Cl. The summed E-state index contributed by atoms with van der Waals surface area (Å²) in [6.45, 7) is 0. The van der Waals surface area contributed by atoms with E-state index in [4.69, 9.17) is 28.6 Å². The summed E-state index contributed by atoms with van der Waals surface area (Å²) in [4.78, 5) is 0. The molecule has 0 unspecified atom stereocenters. The van der Waals surface area contributed by atoms with Crippen molar-refractivity contribution in [2.24, 2.45) is 7.05 Å². The summed E-state index contributed by atoms with van der Waals surface area (Å²) < 4.78 is 1.69. The number of aromatic nitrogens is 2. The van der Waals surface area contributed by atoms with Crippen molar-refractivity contribution in [3.05, 3.63) is 75.9 Å². The molecular formula is C17H13Cl2N3. The quantitative estimate of drug-likeness (QED) is 0.688. The van der Waals surface area contributed by atoms with Crippen LogP contribution in [0.15, 0.2) is 54.6 Å². The molecule has 0 amide bonds. The monoisotopic (exact) mass is 329 g/mol. The second-order valence-electron chi connectivity index (χ2n) is 4.90. The van der Waals surface area contributed by atoms with Crippen LogP contribution in [0.4, 0.5) is 0 Å². The molecule has 0 fully saturated rings. The Labute approximate surface area is 138 Å². The first-order chi connectivity index (χ1) is 10.6. The predicted octanol–water partition coefficient (Wildman–Crippen LogP) is 4.81. The minimum atomic E-state index is 0.348. The molecule has 1 heterocycles. The molecule has 0 aliphatic heterocycles. The fourth-order valence-corrected chi connectivity index (χ4v) is 2.62. The second-order valence-corrected chi connectivity index (χ2v) is 5.74. The van der Waals surface area contributed by atoms with E-state index >= 15 is 0 Å². The van der Waals surface area contributed by atoms with Gasteiger partial charge in [-0.05, 0) is 24.3 Å². The first kappa shape index (κ1) is 14.8. The molecule has 5 heteroatoms. The minimum absolute atomic E-state index is 0.348. The maximum atomic E-state index is 8.40. The van der Waals surface area contributed by atoms with Crippen LogP contribution in [0.2, 0.25) is 10.0 Å². The van der Waals surface area contributed by atoms with Crippen LogP contribution in [0, 0.1) is 5.41 Å². The molecule has 3 rings (SSSR count). The van der Waals surface area contributed by atoms with E-state index in [2.05, 4.69) is 5.10 Å². The van der Waals surface area contributed by atoms with Gasteiger partial charge in [0, 0.05) is 23.2 Å². The van der Waals surface area contributed by atoms with Gasteiger partial charge in [-0.3, -0.25) is 10.1 Å². The molecule has 3 nitrogen and oxygen atoms in total. The summed E-state index contributed by atoms with van der Waals surface area (Å²) in [7, 11) is 1.82. The van der Waals surface area contributed by atoms with Gasteiger partial charge in [-0.25, -0.2) is 0 Å². The lowest BCUT2D eigenvalue weighted by Crippen LogP contribution is -2.08. The van der Waals surface area contributed by atoms with Crippen LogP contribution in [0.5, 0.6) is 0 Å². The molecule has 0 spiro atoms. The molecular weight excluding hydrogens is 317 g/mol. The Hall–Kier alpha value is -2.10. The van der Waals surface area contributed by atoms with Crippen molar-refractivity contribution >= 4 is 28.9 Å². The largest absolute Gasteiger partial charge is 0.298 e. The predicted molar refractivity (Wildman–Crippen MR) is 91.0 cm³/mol. The molecule has 0 aliphatic rings. The summed E-state index contributed by atoms with van der Waals surface area (Å²) in [6.07, 6.45) is 0. The average Bonchev–Trinajstić information content (AvgIpc) is 2.90. The van der Waals surface area contributed by atoms with Gasteiger partial charge in [0.05, 0.1) is 22.1 Å². The Morgan fingerprint density at radius 1 is 1.05 bits per heavy atom. The van der Waals surface area contributed by atoms with Gasteiger partial charge in [0.15, 0.2) is 0 Å². The van der Waals surface area contributed by atoms with Gasteiger partial charge >= 0.3 is 0 Å². The molecule has 0 atom stereocenters. The lowest BCUT2D eigenvalue weighted by molar-refractivity contribution is 0.762. The molecule has 3 aromatic rings. The Kier molecular flexibility index (Phi) is 4.01. The van der Waals surface area contributed by atoms with Crippen molar-refractivity contribution in [1.29, 1.82) is 5.41 Å². The number of hydrogen-bond donors (Lipinski definition) is 1. The van der Waals surface area contributed by atoms with Crippen LogP contribution in [-0.4, -0.2) is 15.5 Å². The van der Waals surface area contributed by atoms with E-state index in [9.17, 15) is 0 Å². The number of halogens is 2. The van der Waals surface area contributed by atoms with Gasteiger partial charge in [-0.2, -0.15) is 5.10 Å². The smallest absolute Gasteiger partial charge is 0.0930 e. The van der Waals surface area contributed by atoms with E-state index in [1.54, 1.807) is 10.7 Å². The average molecular weight is 330 g/mol. The number of hydrogen-bond acceptors (Lipinski definition) is 2. The summed E-state index contributed by atoms with van der Waals surface area (Å²) >= 11 is 12.1. The van der Waals surface area contributed by atoms with Gasteiger partial charge in [-0.1, -0.05) is 53.5 Å². The molecule has 1 aromatic heterocycles. The molecule has 22 heavy (non-hydrogen) atoms. The Balaban J connectivity index is 2.01. The van der Waals surface area contributed by atoms with E-state index in [0.717, 1.165) is 11.3 Å². The number of nitrogens with one attached hydrogen (secondary N) is 1. The van der Waals surface area contributed by atoms with Gasteiger partial charge in [-0.15, -0.1) is 0 Å². The van der Waals surface area contributed by atoms with Crippen molar-refractivity contribution < 1.29 is 0 Å². The van der Waals surface area contributed by atoms with E-state index in [1.807, 2.05) is 55.6 Å². The molecule has 2 aromatic carbocycles. The summed E-state index contributed by atoms with van der Waals surface area (Å²) in [5.74, 6) is 0. The van der Waals surface area contributed by atoms with Gasteiger partial charge < -0.3 is 0 Å². The van der Waals surface area contributed by atoms with Crippen LogP contribution in [0.25, 0.3) is 11.3 Å². The lowest BCUT2D eigenvalue weighted by Gasteiger charge is -2.06. The first-order valence-corrected chi connectivity index (χ1v) is 7.45. The van der Waals surface area contributed by atoms with E-state index < -0.39 is 0 Å². The fourth-order valence-electron chi connectivity index (χ4n) is 2.26. The summed E-state index contributed by atoms with van der Waals surface area (Å²) in [6, 6.07) is 16.7. The highest BCUT2D eigenvalue weighted by molar-refractivity contribution is 6.35. The van der Waals surface area contributed by atoms with Crippen molar-refractivity contribution in [2.75, 3.05) is 0 Å². The summed E-state index contributed by atoms with van der Waals surface area (Å²) in [5, 5.41) is 14.1. The normalized spacial score (nSPS) is 10.7. The highest BCUT2D eigenvalue weighted by Crippen LogP contribution is 2.24. The zero-order chi connectivity index (χ0) is 15.7. The van der Waals surface area contributed by atoms with Crippen LogP contribution < -0.4 is 0 Å². The second kappa shape index (κ2) is 5.95. The maximum Gasteiger partial charge on any atom is 0.0930 e. The van der Waals surface area contributed by atoms with Gasteiger partial charge in [0.2, 0.25) is 0 Å². The number of nitrogens with zero attached hydrogens (tertiary/aromatic N) is 2. The molecule has 0 aliphatic carbocycles. The molecule has 0 saturated heterocycles. The number of benzene rings is 2. The standard InChI is InChI=1S/C17H13Cl2N3/c1-22-16(17(20)13-4-2-3-5-14(13)19)10-15(21-22)11-6-8-12(18)9-7-11/h2-10,20H,1H3. The Morgan fingerprint density at radius 3 is 2.41 bits per heavy atom. The van der Waals surface area contributed by atoms with Crippen molar-refractivity contribution in [2.45, 2.75) is 0 Å². The molecule has 0 saturated carbocycles. The van der Waals surface area contributed by atoms with Crippen molar-refractivity contribution in [1.82, 2.24) is 9.78 Å². The Morgan fingerprint density at radius 2 is 1.73 bits per heavy atom. The van der Waals surface area contributed by atoms with E-state index in [0.29, 0.717) is 27.0 Å². The third-order valence-corrected chi connectivity index (χ3v) is 4.00. The topological polar surface area (TPSA) is 41.7 Å². The van der Waals surface area contributed by atoms with Crippen LogP contribution in [0.1, 0.15) is 11.3 Å². The molecule has 1 N–H and O–H groups in total. The Bertz CT molecular complexity index is 835. The zero-order valence-electron chi connectivity index (χ0n) is 11.8. The number of aryl methyl sites for hydroxylation is 1. The molecule has 110 valence electrons. The zero-order valence-corrected chi connectivity index (χ0v) is 13.4. The highest BCUT2D eigenvalue weighted by atomic mass is 35.5. The molecule has 0 bridgehead atoms. The van der Waals surface area contributed by atoms with E-state index in [-0.39, 0.29) is 0 Å². The van der Waals surface area contributed by atoms with Gasteiger partial charge in [0.1, 0.15) is 0 Å². The lowest BCUT2D eigenvalue weighted by atomic mass is 10.1. The van der Waals surface area contributed by atoms with Crippen LogP contribution in [0.3, 0.4) is 0 Å². The van der Waals surface area contributed by atoms with Crippen molar-refractivity contribution in [3.8, 4) is 11.3 Å². The fraction of sp³-hybridized carbons (Fsp3) is 0.0588. The number of rotatable bonds is 3. The minimum Gasteiger partial charge on any atom is -0.298 e. The molecule has 0 radical (unpaired) electrons. The first-order valence-electron chi connectivity index (χ1n) is 6.70. The van der Waals surface area contributed by atoms with Crippen LogP contribution in [-0.2, 0) is 7.05 Å². The third kappa shape index (κ3) is 2.78.